The minimum absolute atomic E-state index is 0.419. The second-order valence-electron chi connectivity index (χ2n) is 3.50. The Hall–Kier alpha value is 0.240. The van der Waals surface area contributed by atoms with Crippen LogP contribution < -0.4 is 5.32 Å². The van der Waals surface area contributed by atoms with E-state index in [1.165, 1.54) is 0 Å². The molecule has 0 aliphatic rings. The van der Waals surface area contributed by atoms with Crippen molar-refractivity contribution in [3.05, 3.63) is 33.3 Å². The van der Waals surface area contributed by atoms with Gasteiger partial charge in [-0.05, 0) is 31.0 Å². The molecule has 0 radical (unpaired) electrons. The topological polar surface area (TPSA) is 12.0 Å². The standard InChI is InChI=1S/C11H14BrCl2N/c1-8(4-5-13)15-7-9-2-3-10(12)6-11(9)14/h2-3,6,8,15H,4-5,7H2,1H3. The van der Waals surface area contributed by atoms with E-state index in [4.69, 9.17) is 23.2 Å². The SMILES string of the molecule is CC(CCCl)NCc1ccc(Br)cc1Cl. The number of rotatable bonds is 5. The fourth-order valence-corrected chi connectivity index (χ4v) is 2.28. The van der Waals surface area contributed by atoms with E-state index in [2.05, 4.69) is 28.2 Å². The Labute approximate surface area is 109 Å². The quantitative estimate of drug-likeness (QED) is 0.803. The molecular weight excluding hydrogens is 297 g/mol. The van der Waals surface area contributed by atoms with Crippen LogP contribution in [0.3, 0.4) is 0 Å². The van der Waals surface area contributed by atoms with Gasteiger partial charge in [-0.3, -0.25) is 0 Å². The third kappa shape index (κ3) is 4.73. The molecule has 0 aliphatic carbocycles. The summed E-state index contributed by atoms with van der Waals surface area (Å²) in [6.07, 6.45) is 0.968. The lowest BCUT2D eigenvalue weighted by atomic mass is 10.2. The molecule has 0 heterocycles. The predicted molar refractivity (Wildman–Crippen MR) is 70.8 cm³/mol. The van der Waals surface area contributed by atoms with Gasteiger partial charge < -0.3 is 5.32 Å². The zero-order chi connectivity index (χ0) is 11.3. The molecule has 1 nitrogen and oxygen atoms in total. The van der Waals surface area contributed by atoms with Gasteiger partial charge in [-0.15, -0.1) is 11.6 Å². The van der Waals surface area contributed by atoms with E-state index in [9.17, 15) is 0 Å². The van der Waals surface area contributed by atoms with Crippen LogP contribution in [0.1, 0.15) is 18.9 Å². The Morgan fingerprint density at radius 3 is 2.80 bits per heavy atom. The summed E-state index contributed by atoms with van der Waals surface area (Å²) in [5.74, 6) is 0.683. The molecule has 1 unspecified atom stereocenters. The van der Waals surface area contributed by atoms with Crippen LogP contribution in [0.4, 0.5) is 0 Å². The molecule has 0 spiro atoms. The van der Waals surface area contributed by atoms with Crippen molar-refractivity contribution in [3.63, 3.8) is 0 Å². The number of benzene rings is 1. The summed E-state index contributed by atoms with van der Waals surface area (Å²) in [5, 5.41) is 4.16. The molecular formula is C11H14BrCl2N. The van der Waals surface area contributed by atoms with Gasteiger partial charge in [0.25, 0.3) is 0 Å². The van der Waals surface area contributed by atoms with Gasteiger partial charge in [-0.1, -0.05) is 33.6 Å². The van der Waals surface area contributed by atoms with Crippen molar-refractivity contribution in [2.45, 2.75) is 25.9 Å². The van der Waals surface area contributed by atoms with E-state index in [1.807, 2.05) is 18.2 Å². The Kier molecular flexibility index (Phi) is 5.98. The van der Waals surface area contributed by atoms with E-state index in [1.54, 1.807) is 0 Å². The molecule has 4 heteroatoms. The van der Waals surface area contributed by atoms with Gasteiger partial charge in [-0.2, -0.15) is 0 Å². The van der Waals surface area contributed by atoms with Crippen LogP contribution in [0, 0.1) is 0 Å². The first-order valence-corrected chi connectivity index (χ1v) is 6.57. The lowest BCUT2D eigenvalue weighted by molar-refractivity contribution is 0.536. The Morgan fingerprint density at radius 1 is 1.47 bits per heavy atom. The molecule has 15 heavy (non-hydrogen) atoms. The van der Waals surface area contributed by atoms with Gasteiger partial charge >= 0.3 is 0 Å². The fourth-order valence-electron chi connectivity index (χ4n) is 1.21. The van der Waals surface area contributed by atoms with Gasteiger partial charge in [0.15, 0.2) is 0 Å². The maximum Gasteiger partial charge on any atom is 0.0462 e. The number of nitrogens with one attached hydrogen (secondary N) is 1. The highest BCUT2D eigenvalue weighted by molar-refractivity contribution is 9.10. The molecule has 1 aromatic carbocycles. The summed E-state index contributed by atoms with van der Waals surface area (Å²) in [5.41, 5.74) is 1.11. The summed E-state index contributed by atoms with van der Waals surface area (Å²) < 4.78 is 1.00. The Morgan fingerprint density at radius 2 is 2.20 bits per heavy atom. The number of halogens is 3. The van der Waals surface area contributed by atoms with Crippen LogP contribution in [0.5, 0.6) is 0 Å². The summed E-state index contributed by atoms with van der Waals surface area (Å²) in [4.78, 5) is 0. The van der Waals surface area contributed by atoms with Crippen LogP contribution in [0.25, 0.3) is 0 Å². The molecule has 0 aliphatic heterocycles. The van der Waals surface area contributed by atoms with E-state index < -0.39 is 0 Å². The molecule has 1 rings (SSSR count). The second kappa shape index (κ2) is 6.74. The second-order valence-corrected chi connectivity index (χ2v) is 5.20. The first-order chi connectivity index (χ1) is 7.13. The molecule has 0 amide bonds. The summed E-state index contributed by atoms with van der Waals surface area (Å²) in [6, 6.07) is 6.34. The molecule has 0 saturated carbocycles. The molecule has 1 atom stereocenters. The molecule has 0 aromatic heterocycles. The monoisotopic (exact) mass is 309 g/mol. The molecule has 0 saturated heterocycles. The highest BCUT2D eigenvalue weighted by atomic mass is 79.9. The van der Waals surface area contributed by atoms with Crippen molar-refractivity contribution in [1.82, 2.24) is 5.32 Å². The van der Waals surface area contributed by atoms with E-state index in [-0.39, 0.29) is 0 Å². The minimum atomic E-state index is 0.419. The zero-order valence-corrected chi connectivity index (χ0v) is 11.7. The van der Waals surface area contributed by atoms with Gasteiger partial charge in [0, 0.05) is 28.0 Å². The normalized spacial score (nSPS) is 12.8. The number of alkyl halides is 1. The molecule has 1 aromatic rings. The predicted octanol–water partition coefficient (Wildman–Crippen LogP) is 4.21. The van der Waals surface area contributed by atoms with Gasteiger partial charge in [0.1, 0.15) is 0 Å². The largest absolute Gasteiger partial charge is 0.310 e. The third-order valence-electron chi connectivity index (χ3n) is 2.20. The van der Waals surface area contributed by atoms with Crippen molar-refractivity contribution in [2.75, 3.05) is 5.88 Å². The van der Waals surface area contributed by atoms with E-state index in [0.29, 0.717) is 11.9 Å². The smallest absolute Gasteiger partial charge is 0.0462 e. The van der Waals surface area contributed by atoms with E-state index >= 15 is 0 Å². The van der Waals surface area contributed by atoms with Crippen molar-refractivity contribution in [2.24, 2.45) is 0 Å². The van der Waals surface area contributed by atoms with Crippen molar-refractivity contribution in [1.29, 1.82) is 0 Å². The molecule has 1 N–H and O–H groups in total. The number of hydrogen-bond acceptors (Lipinski definition) is 1. The highest BCUT2D eigenvalue weighted by Gasteiger charge is 2.03. The minimum Gasteiger partial charge on any atom is -0.310 e. The average Bonchev–Trinajstić information content (AvgIpc) is 2.17. The van der Waals surface area contributed by atoms with Gasteiger partial charge in [-0.25, -0.2) is 0 Å². The van der Waals surface area contributed by atoms with Gasteiger partial charge in [0.2, 0.25) is 0 Å². The lowest BCUT2D eigenvalue weighted by Gasteiger charge is -2.13. The van der Waals surface area contributed by atoms with Crippen LogP contribution >= 0.6 is 39.1 Å². The first kappa shape index (κ1) is 13.3. The van der Waals surface area contributed by atoms with Gasteiger partial charge in [0.05, 0.1) is 0 Å². The number of hydrogen-bond donors (Lipinski definition) is 1. The van der Waals surface area contributed by atoms with Crippen LogP contribution in [0.15, 0.2) is 22.7 Å². The van der Waals surface area contributed by atoms with Crippen molar-refractivity contribution in [3.8, 4) is 0 Å². The molecule has 0 bridgehead atoms. The molecule has 84 valence electrons. The summed E-state index contributed by atoms with van der Waals surface area (Å²) >= 11 is 15.1. The zero-order valence-electron chi connectivity index (χ0n) is 8.56. The van der Waals surface area contributed by atoms with E-state index in [0.717, 1.165) is 28.0 Å². The first-order valence-electron chi connectivity index (χ1n) is 4.86. The summed E-state index contributed by atoms with van der Waals surface area (Å²) in [6.45, 7) is 2.90. The Balaban J connectivity index is 2.50. The lowest BCUT2D eigenvalue weighted by Crippen LogP contribution is -2.25. The van der Waals surface area contributed by atoms with Crippen molar-refractivity contribution >= 4 is 39.1 Å². The average molecular weight is 311 g/mol. The van der Waals surface area contributed by atoms with Crippen LogP contribution in [-0.4, -0.2) is 11.9 Å². The van der Waals surface area contributed by atoms with Crippen molar-refractivity contribution < 1.29 is 0 Å². The summed E-state index contributed by atoms with van der Waals surface area (Å²) in [7, 11) is 0. The highest BCUT2D eigenvalue weighted by Crippen LogP contribution is 2.21. The maximum absolute atomic E-state index is 6.09. The van der Waals surface area contributed by atoms with Crippen LogP contribution in [-0.2, 0) is 6.54 Å². The third-order valence-corrected chi connectivity index (χ3v) is 3.26. The fraction of sp³-hybridized carbons (Fsp3) is 0.455. The molecule has 0 fully saturated rings. The van der Waals surface area contributed by atoms with Crippen LogP contribution in [0.2, 0.25) is 5.02 Å². The Bertz CT molecular complexity index is 317. The maximum atomic E-state index is 6.09.